The molecule has 2 aliphatic heterocycles. The van der Waals surface area contributed by atoms with Gasteiger partial charge in [-0.3, -0.25) is 19.1 Å². The van der Waals surface area contributed by atoms with Gasteiger partial charge in [-0.1, -0.05) is 46.8 Å². The number of primary amides is 1. The molecule has 2 aromatic rings. The van der Waals surface area contributed by atoms with Crippen molar-refractivity contribution in [3.05, 3.63) is 36.5 Å². The van der Waals surface area contributed by atoms with E-state index < -0.39 is 56.0 Å². The molecule has 2 saturated carbocycles. The Balaban J connectivity index is 0.00000138. The van der Waals surface area contributed by atoms with Crippen molar-refractivity contribution in [2.45, 2.75) is 148 Å². The van der Waals surface area contributed by atoms with Gasteiger partial charge in [0.25, 0.3) is 5.91 Å². The molecule has 340 valence electrons. The average molecular weight is 864 g/mol. The molecule has 6 atom stereocenters. The summed E-state index contributed by atoms with van der Waals surface area (Å²) < 4.78 is 50.2. The predicted molar refractivity (Wildman–Crippen MR) is 236 cm³/mol. The first-order valence-corrected chi connectivity index (χ1v) is 22.8. The normalized spacial score (nSPS) is 26.7. The summed E-state index contributed by atoms with van der Waals surface area (Å²) in [4.78, 5) is 58.1. The van der Waals surface area contributed by atoms with Crippen LogP contribution < -0.4 is 30.0 Å². The minimum absolute atomic E-state index is 0. The third kappa shape index (κ3) is 11.6. The minimum atomic E-state index is -3.94. The van der Waals surface area contributed by atoms with Crippen molar-refractivity contribution < 1.29 is 50.8 Å². The Morgan fingerprint density at radius 3 is 2.37 bits per heavy atom. The maximum Gasteiger partial charge on any atom is 0.405 e. The van der Waals surface area contributed by atoms with Crippen molar-refractivity contribution in [2.24, 2.45) is 23.5 Å². The van der Waals surface area contributed by atoms with E-state index in [0.29, 0.717) is 54.6 Å². The molecule has 1 saturated heterocycles. The molecular formula is C44H73N5O10S. The van der Waals surface area contributed by atoms with E-state index in [9.17, 15) is 27.6 Å². The standard InChI is InChI=1S/C37H50N4O8S.C5H11NO2.C2H6.3H2/c1-6-36(14-15-36)50(45,46)40-35(44)37-20-25(37)11-9-8-10-23(3)16-24(4)17-32(42)41-22-27(19-30(41)33(43)39-37)49-34-28-13-12-26(47-5)18-29(28)31(21-38-34)48-7-2;1-5(2,3)8-4(6)7;1-2;;;/h9,11-13,18,21,23-25,27,30H,6-8,10,14-17,19-20,22H2,1-5H3,(H,39,43)(H,40,44);1-3H3,(H2,6,7);1-2H3;3*1H/b11-9-;;;;;/t23-,24-,25-,27-,30+,37-;;;;;/m1...../s1. The van der Waals surface area contributed by atoms with Crippen LogP contribution in [0.2, 0.25) is 0 Å². The second kappa shape index (κ2) is 19.9. The molecule has 0 unspecified atom stereocenters. The molecule has 1 aromatic heterocycles. The largest absolute Gasteiger partial charge is 0.497 e. The number of nitrogens with zero attached hydrogens (tertiary/aromatic N) is 2. The fraction of sp³-hybridized carbons (Fsp3) is 0.659. The Labute approximate surface area is 360 Å². The summed E-state index contributed by atoms with van der Waals surface area (Å²) in [7, 11) is -2.35. The number of carbonyl (C=O) groups is 4. The van der Waals surface area contributed by atoms with E-state index >= 15 is 0 Å². The van der Waals surface area contributed by atoms with E-state index in [1.807, 2.05) is 45.1 Å². The van der Waals surface area contributed by atoms with Gasteiger partial charge in [0.1, 0.15) is 34.8 Å². The smallest absolute Gasteiger partial charge is 0.405 e. The lowest BCUT2D eigenvalue weighted by Crippen LogP contribution is -2.57. The molecule has 60 heavy (non-hydrogen) atoms. The SMILES string of the molecule is CC.CC(C)(C)OC(N)=O.CCOc1cnc(O[C@@H]2C[C@H]3C(=O)N[C@]4(C(=O)NS(=O)(=O)C5(CC)CC5)C[C@H]4/C=C\CC[C@@H](C)C[C@@H](C)CC(=O)N3C2)c2ccc(OC)cc12.[HH].[HH].[HH]. The van der Waals surface area contributed by atoms with Crippen LogP contribution >= 0.6 is 0 Å². The Kier molecular flexibility index (Phi) is 15.9. The number of benzene rings is 1. The van der Waals surface area contributed by atoms with Gasteiger partial charge >= 0.3 is 6.09 Å². The van der Waals surface area contributed by atoms with Crippen LogP contribution in [0.1, 0.15) is 124 Å². The fourth-order valence-corrected chi connectivity index (χ4v) is 9.69. The second-order valence-corrected chi connectivity index (χ2v) is 19.3. The van der Waals surface area contributed by atoms with Crippen LogP contribution in [0.5, 0.6) is 17.4 Å². The number of hydrogen-bond donors (Lipinski definition) is 3. The highest BCUT2D eigenvalue weighted by atomic mass is 32.2. The number of sulfonamides is 1. The number of nitrogens with two attached hydrogens (primary N) is 1. The van der Waals surface area contributed by atoms with E-state index in [-0.39, 0.29) is 47.8 Å². The zero-order chi connectivity index (χ0) is 44.6. The van der Waals surface area contributed by atoms with Crippen molar-refractivity contribution in [1.82, 2.24) is 19.9 Å². The Hall–Kier alpha value is -4.60. The Bertz CT molecular complexity index is 2010. The van der Waals surface area contributed by atoms with Gasteiger partial charge in [0.2, 0.25) is 27.7 Å². The number of carbonyl (C=O) groups excluding carboxylic acids is 4. The van der Waals surface area contributed by atoms with Crippen molar-refractivity contribution in [3.63, 3.8) is 0 Å². The van der Waals surface area contributed by atoms with Crippen LogP contribution in [0, 0.1) is 17.8 Å². The zero-order valence-electron chi connectivity index (χ0n) is 37.1. The summed E-state index contributed by atoms with van der Waals surface area (Å²) in [5, 5.41) is 4.40. The molecule has 6 rings (SSSR count). The van der Waals surface area contributed by atoms with Crippen LogP contribution in [-0.2, 0) is 29.1 Å². The number of fused-ring (bicyclic) bond motifs is 3. The van der Waals surface area contributed by atoms with Gasteiger partial charge in [-0.2, -0.15) is 0 Å². The number of ether oxygens (including phenoxy) is 4. The number of nitrogens with one attached hydrogen (secondary N) is 2. The monoisotopic (exact) mass is 864 g/mol. The lowest BCUT2D eigenvalue weighted by atomic mass is 9.91. The topological polar surface area (TPSA) is 206 Å². The molecule has 4 aliphatic rings. The van der Waals surface area contributed by atoms with E-state index in [0.717, 1.165) is 24.6 Å². The highest BCUT2D eigenvalue weighted by molar-refractivity contribution is 7.91. The number of aromatic nitrogens is 1. The average Bonchev–Trinajstić information content (AvgIpc) is 4.08. The molecule has 0 radical (unpaired) electrons. The molecule has 15 nitrogen and oxygen atoms in total. The second-order valence-electron chi connectivity index (χ2n) is 17.2. The summed E-state index contributed by atoms with van der Waals surface area (Å²) in [6, 6.07) is 4.58. The summed E-state index contributed by atoms with van der Waals surface area (Å²) in [5.41, 5.74) is 2.84. The number of allylic oxidation sites excluding steroid dienone is 1. The summed E-state index contributed by atoms with van der Waals surface area (Å²) in [6.07, 6.45) is 8.93. The number of amides is 4. The van der Waals surface area contributed by atoms with Crippen LogP contribution in [-0.4, -0.2) is 90.4 Å². The fourth-order valence-electron chi connectivity index (χ4n) is 8.03. The Morgan fingerprint density at radius 2 is 1.78 bits per heavy atom. The van der Waals surface area contributed by atoms with Crippen LogP contribution in [0.15, 0.2) is 36.5 Å². The van der Waals surface area contributed by atoms with Crippen LogP contribution in [0.4, 0.5) is 4.79 Å². The number of hydrogen-bond acceptors (Lipinski definition) is 11. The molecule has 2 aliphatic carbocycles. The Morgan fingerprint density at radius 1 is 1.08 bits per heavy atom. The number of methoxy groups -OCH3 is 1. The first-order chi connectivity index (χ1) is 28.3. The van der Waals surface area contributed by atoms with Crippen molar-refractivity contribution in [2.75, 3.05) is 20.3 Å². The highest BCUT2D eigenvalue weighted by Crippen LogP contribution is 2.49. The lowest BCUT2D eigenvalue weighted by molar-refractivity contribution is -0.140. The third-order valence-corrected chi connectivity index (χ3v) is 13.7. The van der Waals surface area contributed by atoms with Gasteiger partial charge in [0, 0.05) is 33.8 Å². The number of pyridine rings is 1. The zero-order valence-corrected chi connectivity index (χ0v) is 37.9. The van der Waals surface area contributed by atoms with Crippen LogP contribution in [0.3, 0.4) is 0 Å². The minimum Gasteiger partial charge on any atom is -0.497 e. The van der Waals surface area contributed by atoms with Gasteiger partial charge < -0.3 is 34.9 Å². The molecule has 4 N–H and O–H groups in total. The van der Waals surface area contributed by atoms with Crippen molar-refractivity contribution >= 4 is 44.6 Å². The third-order valence-electron chi connectivity index (χ3n) is 11.4. The van der Waals surface area contributed by atoms with E-state index in [4.69, 9.17) is 19.9 Å². The van der Waals surface area contributed by atoms with Crippen LogP contribution in [0.25, 0.3) is 10.8 Å². The molecule has 1 aromatic carbocycles. The predicted octanol–water partition coefficient (Wildman–Crippen LogP) is 7.30. The highest BCUT2D eigenvalue weighted by Gasteiger charge is 2.63. The molecule has 0 bridgehead atoms. The first kappa shape index (κ1) is 48.1. The lowest BCUT2D eigenvalue weighted by Gasteiger charge is -2.28. The maximum atomic E-state index is 14.2. The summed E-state index contributed by atoms with van der Waals surface area (Å²) >= 11 is 0. The van der Waals surface area contributed by atoms with Gasteiger partial charge in [-0.25, -0.2) is 18.2 Å². The molecule has 4 amide bonds. The van der Waals surface area contributed by atoms with Gasteiger partial charge in [0.15, 0.2) is 0 Å². The summed E-state index contributed by atoms with van der Waals surface area (Å²) in [6.45, 7) is 17.8. The van der Waals surface area contributed by atoms with Gasteiger partial charge in [-0.15, -0.1) is 0 Å². The van der Waals surface area contributed by atoms with Gasteiger partial charge in [0.05, 0.1) is 31.2 Å². The van der Waals surface area contributed by atoms with E-state index in [2.05, 4.69) is 33.6 Å². The van der Waals surface area contributed by atoms with E-state index in [1.165, 1.54) is 0 Å². The molecule has 0 spiro atoms. The van der Waals surface area contributed by atoms with Gasteiger partial charge in [-0.05, 0) is 103 Å². The van der Waals surface area contributed by atoms with Crippen molar-refractivity contribution in [1.29, 1.82) is 0 Å². The molecular weight excluding hydrogens is 791 g/mol. The molecule has 3 fully saturated rings. The summed E-state index contributed by atoms with van der Waals surface area (Å²) in [5.74, 6) is 0.280. The maximum absolute atomic E-state index is 14.2. The molecule has 3 heterocycles. The number of rotatable bonds is 9. The quantitative estimate of drug-likeness (QED) is 0.213. The first-order valence-electron chi connectivity index (χ1n) is 21.4. The molecule has 16 heteroatoms. The van der Waals surface area contributed by atoms with Crippen molar-refractivity contribution in [3.8, 4) is 17.4 Å². The van der Waals surface area contributed by atoms with E-state index in [1.54, 1.807) is 52.0 Å².